The van der Waals surface area contributed by atoms with E-state index in [9.17, 15) is 13.2 Å². The number of hydrogen-bond donors (Lipinski definition) is 0. The number of furan rings is 1. The second kappa shape index (κ2) is 7.88. The molecule has 1 aromatic carbocycles. The largest absolute Gasteiger partial charge is 0.460 e. The van der Waals surface area contributed by atoms with Gasteiger partial charge in [-0.2, -0.15) is 9.40 Å². The maximum atomic E-state index is 13.3. The minimum atomic E-state index is -3.68. The predicted octanol–water partition coefficient (Wildman–Crippen LogP) is 3.22. The molecule has 0 radical (unpaired) electrons. The van der Waals surface area contributed by atoms with E-state index < -0.39 is 16.0 Å². The summed E-state index contributed by atoms with van der Waals surface area (Å²) < 4.78 is 40.6. The second-order valence-electron chi connectivity index (χ2n) is 7.55. The van der Waals surface area contributed by atoms with Gasteiger partial charge in [0.25, 0.3) is 0 Å². The molecule has 1 aliphatic rings. The van der Waals surface area contributed by atoms with E-state index in [2.05, 4.69) is 5.10 Å². The van der Waals surface area contributed by atoms with Crippen LogP contribution in [0.2, 0.25) is 0 Å². The Labute approximate surface area is 175 Å². The van der Waals surface area contributed by atoms with Crippen molar-refractivity contribution < 1.29 is 22.4 Å². The van der Waals surface area contributed by atoms with Crippen LogP contribution < -0.4 is 0 Å². The van der Waals surface area contributed by atoms with Gasteiger partial charge in [0.15, 0.2) is 0 Å². The van der Waals surface area contributed by atoms with Crippen molar-refractivity contribution in [2.24, 2.45) is 7.05 Å². The number of benzene rings is 1. The van der Waals surface area contributed by atoms with E-state index >= 15 is 0 Å². The lowest BCUT2D eigenvalue weighted by Gasteiger charge is -2.31. The van der Waals surface area contributed by atoms with Crippen molar-refractivity contribution in [2.45, 2.75) is 37.5 Å². The van der Waals surface area contributed by atoms with Crippen molar-refractivity contribution in [3.63, 3.8) is 0 Å². The number of carbonyl (C=O) groups excluding carboxylic acids is 1. The molecule has 2 aromatic heterocycles. The number of fused-ring (bicyclic) bond motifs is 1. The number of carbonyl (C=O) groups is 1. The summed E-state index contributed by atoms with van der Waals surface area (Å²) in [6.07, 6.45) is 3.56. The second-order valence-corrected chi connectivity index (χ2v) is 9.49. The Balaban J connectivity index is 1.65. The molecule has 9 heteroatoms. The van der Waals surface area contributed by atoms with E-state index in [-0.39, 0.29) is 23.2 Å². The lowest BCUT2D eigenvalue weighted by molar-refractivity contribution is 0.0491. The number of sulfonamides is 1. The number of esters is 1. The lowest BCUT2D eigenvalue weighted by atomic mass is 9.96. The molecule has 1 atom stereocenters. The zero-order valence-electron chi connectivity index (χ0n) is 17.3. The van der Waals surface area contributed by atoms with Gasteiger partial charge in [-0.05, 0) is 51.0 Å². The molecule has 0 aliphatic carbocycles. The van der Waals surface area contributed by atoms with Crippen LogP contribution in [0.1, 0.15) is 47.5 Å². The molecular weight excluding hydrogens is 406 g/mol. The van der Waals surface area contributed by atoms with Crippen molar-refractivity contribution in [3.8, 4) is 0 Å². The van der Waals surface area contributed by atoms with Gasteiger partial charge in [0.1, 0.15) is 5.58 Å². The Morgan fingerprint density at radius 1 is 1.33 bits per heavy atom. The van der Waals surface area contributed by atoms with E-state index in [4.69, 9.17) is 9.15 Å². The van der Waals surface area contributed by atoms with E-state index in [1.165, 1.54) is 10.4 Å². The average Bonchev–Trinajstić information content (AvgIpc) is 3.31. The van der Waals surface area contributed by atoms with Crippen LogP contribution in [0.15, 0.2) is 39.8 Å². The molecule has 0 saturated carbocycles. The molecule has 3 aromatic rings. The van der Waals surface area contributed by atoms with Crippen LogP contribution in [-0.2, 0) is 21.8 Å². The Morgan fingerprint density at radius 3 is 2.83 bits per heavy atom. The van der Waals surface area contributed by atoms with Crippen LogP contribution >= 0.6 is 0 Å². The monoisotopic (exact) mass is 431 g/mol. The molecule has 0 spiro atoms. The minimum Gasteiger partial charge on any atom is -0.460 e. The minimum absolute atomic E-state index is 0.0736. The lowest BCUT2D eigenvalue weighted by Crippen LogP contribution is -2.39. The number of rotatable bonds is 5. The first kappa shape index (κ1) is 20.6. The summed E-state index contributed by atoms with van der Waals surface area (Å²) in [7, 11) is -1.83. The van der Waals surface area contributed by atoms with Gasteiger partial charge in [-0.1, -0.05) is 0 Å². The molecule has 0 amide bonds. The summed E-state index contributed by atoms with van der Waals surface area (Å²) in [5, 5.41) is 5.04. The average molecular weight is 432 g/mol. The molecule has 8 nitrogen and oxygen atoms in total. The molecule has 1 saturated heterocycles. The van der Waals surface area contributed by atoms with Crippen molar-refractivity contribution >= 4 is 27.0 Å². The number of aromatic nitrogens is 2. The van der Waals surface area contributed by atoms with Gasteiger partial charge >= 0.3 is 5.97 Å². The van der Waals surface area contributed by atoms with Crippen molar-refractivity contribution in [2.75, 3.05) is 19.7 Å². The fraction of sp³-hybridized carbons (Fsp3) is 0.429. The highest BCUT2D eigenvalue weighted by atomic mass is 32.2. The molecule has 0 N–H and O–H groups in total. The first-order valence-electron chi connectivity index (χ1n) is 10.0. The van der Waals surface area contributed by atoms with Gasteiger partial charge in [0.05, 0.1) is 17.2 Å². The molecular formula is C21H25N3O5S. The summed E-state index contributed by atoms with van der Waals surface area (Å²) in [6.45, 7) is 4.56. The fourth-order valence-electron chi connectivity index (χ4n) is 3.95. The Kier molecular flexibility index (Phi) is 5.42. The number of aryl methyl sites for hydroxylation is 2. The topological polar surface area (TPSA) is 94.6 Å². The normalized spacial score (nSPS) is 18.0. The van der Waals surface area contributed by atoms with Gasteiger partial charge in [-0.25, -0.2) is 13.2 Å². The third-order valence-corrected chi connectivity index (χ3v) is 7.40. The Bertz CT molecular complexity index is 1190. The summed E-state index contributed by atoms with van der Waals surface area (Å²) in [5.41, 5.74) is 1.95. The van der Waals surface area contributed by atoms with E-state index in [1.54, 1.807) is 30.7 Å². The highest BCUT2D eigenvalue weighted by molar-refractivity contribution is 7.89. The van der Waals surface area contributed by atoms with Crippen molar-refractivity contribution in [3.05, 3.63) is 47.5 Å². The van der Waals surface area contributed by atoms with Crippen molar-refractivity contribution in [1.82, 2.24) is 14.1 Å². The summed E-state index contributed by atoms with van der Waals surface area (Å²) in [4.78, 5) is 12.3. The zero-order valence-corrected chi connectivity index (χ0v) is 18.1. The quantitative estimate of drug-likeness (QED) is 0.576. The predicted molar refractivity (Wildman–Crippen MR) is 111 cm³/mol. The summed E-state index contributed by atoms with van der Waals surface area (Å²) in [6, 6.07) is 6.65. The van der Waals surface area contributed by atoms with Gasteiger partial charge < -0.3 is 9.15 Å². The van der Waals surface area contributed by atoms with E-state index in [0.29, 0.717) is 29.6 Å². The zero-order chi connectivity index (χ0) is 21.5. The third kappa shape index (κ3) is 3.63. The molecule has 160 valence electrons. The maximum absolute atomic E-state index is 13.3. The first-order valence-corrected chi connectivity index (χ1v) is 11.4. The highest BCUT2D eigenvalue weighted by Crippen LogP contribution is 2.32. The van der Waals surface area contributed by atoms with Gasteiger partial charge in [-0.15, -0.1) is 0 Å². The van der Waals surface area contributed by atoms with Crippen LogP contribution in [0.3, 0.4) is 0 Å². The Morgan fingerprint density at radius 2 is 2.13 bits per heavy atom. The third-order valence-electron chi connectivity index (χ3n) is 5.54. The fourth-order valence-corrected chi connectivity index (χ4v) is 5.50. The first-order chi connectivity index (χ1) is 14.3. The van der Waals surface area contributed by atoms with Crippen molar-refractivity contribution in [1.29, 1.82) is 0 Å². The maximum Gasteiger partial charge on any atom is 0.374 e. The van der Waals surface area contributed by atoms with Gasteiger partial charge in [0.2, 0.25) is 15.8 Å². The number of piperidine rings is 1. The van der Waals surface area contributed by atoms with Gasteiger partial charge in [0, 0.05) is 43.2 Å². The van der Waals surface area contributed by atoms with Crippen LogP contribution in [0.5, 0.6) is 0 Å². The molecule has 30 heavy (non-hydrogen) atoms. The summed E-state index contributed by atoms with van der Waals surface area (Å²) in [5.74, 6) is -0.371. The molecule has 4 rings (SSSR count). The van der Waals surface area contributed by atoms with Crippen LogP contribution in [0, 0.1) is 6.92 Å². The number of hydrogen-bond acceptors (Lipinski definition) is 6. The number of ether oxygens (including phenoxy) is 1. The van der Waals surface area contributed by atoms with Crippen LogP contribution in [-0.4, -0.2) is 48.2 Å². The number of nitrogens with zero attached hydrogens (tertiary/aromatic N) is 3. The SMILES string of the molecule is CCOC(=O)c1oc2ccc(S(=O)(=O)N3CCC[C@H](c4ccn(C)n4)C3)cc2c1C. The molecule has 1 fully saturated rings. The van der Waals surface area contributed by atoms with Crippen LogP contribution in [0.4, 0.5) is 0 Å². The van der Waals surface area contributed by atoms with Gasteiger partial charge in [-0.3, -0.25) is 4.68 Å². The standard InChI is InChI=1S/C21H25N3O5S/c1-4-28-21(25)20-14(2)17-12-16(7-8-19(17)29-20)30(26,27)24-10-5-6-15(13-24)18-9-11-23(3)22-18/h7-9,11-12,15H,4-6,10,13H2,1-3H3/t15-/m0/s1. The smallest absolute Gasteiger partial charge is 0.374 e. The van der Waals surface area contributed by atoms with E-state index in [1.807, 2.05) is 19.3 Å². The highest BCUT2D eigenvalue weighted by Gasteiger charge is 2.32. The Hall–Kier alpha value is -2.65. The van der Waals surface area contributed by atoms with E-state index in [0.717, 1.165) is 18.5 Å². The van der Waals surface area contributed by atoms with Crippen LogP contribution in [0.25, 0.3) is 11.0 Å². The molecule has 0 bridgehead atoms. The molecule has 3 heterocycles. The molecule has 0 unspecified atom stereocenters. The molecule has 1 aliphatic heterocycles. The summed E-state index contributed by atoms with van der Waals surface area (Å²) >= 11 is 0.